The molecular weight excluding hydrogens is 284 g/mol. The van der Waals surface area contributed by atoms with E-state index in [0.717, 1.165) is 37.1 Å². The Morgan fingerprint density at radius 3 is 1.55 bits per heavy atom. The maximum Gasteiger partial charge on any atom is 0.0414 e. The van der Waals surface area contributed by atoms with Gasteiger partial charge in [0.15, 0.2) is 0 Å². The van der Waals surface area contributed by atoms with Crippen molar-refractivity contribution in [2.75, 3.05) is 0 Å². The summed E-state index contributed by atoms with van der Waals surface area (Å²) in [5.41, 5.74) is 2.21. The van der Waals surface area contributed by atoms with Crippen LogP contribution in [0.1, 0.15) is 24.2 Å². The first-order valence-corrected chi connectivity index (χ1v) is 7.93. The SMILES string of the molecule is SC(CCC(S)Cc1ccccn1)Cc1ccccn1. The average molecular weight is 304 g/mol. The number of aromatic nitrogens is 2. The zero-order valence-corrected chi connectivity index (χ0v) is 13.2. The Morgan fingerprint density at radius 1 is 0.750 bits per heavy atom. The van der Waals surface area contributed by atoms with E-state index < -0.39 is 0 Å². The van der Waals surface area contributed by atoms with Crippen LogP contribution in [0.4, 0.5) is 0 Å². The van der Waals surface area contributed by atoms with Crippen molar-refractivity contribution >= 4 is 25.3 Å². The fourth-order valence-electron chi connectivity index (χ4n) is 2.11. The van der Waals surface area contributed by atoms with Crippen molar-refractivity contribution in [2.24, 2.45) is 0 Å². The molecule has 0 saturated heterocycles. The van der Waals surface area contributed by atoms with Gasteiger partial charge >= 0.3 is 0 Å². The molecular formula is C16H20N2S2. The highest BCUT2D eigenvalue weighted by atomic mass is 32.1. The van der Waals surface area contributed by atoms with Crippen LogP contribution in [-0.4, -0.2) is 20.5 Å². The van der Waals surface area contributed by atoms with E-state index >= 15 is 0 Å². The quantitative estimate of drug-likeness (QED) is 0.764. The second-order valence-electron chi connectivity index (χ2n) is 4.94. The Hall–Kier alpha value is -1.00. The third-order valence-corrected chi connectivity index (χ3v) is 4.06. The molecule has 2 heterocycles. The van der Waals surface area contributed by atoms with Crippen molar-refractivity contribution in [2.45, 2.75) is 36.2 Å². The van der Waals surface area contributed by atoms with Gasteiger partial charge in [0.05, 0.1) is 0 Å². The highest BCUT2D eigenvalue weighted by Crippen LogP contribution is 2.17. The molecule has 2 unspecified atom stereocenters. The molecule has 0 bridgehead atoms. The van der Waals surface area contributed by atoms with Gasteiger partial charge < -0.3 is 0 Å². The Kier molecular flexibility index (Phi) is 6.40. The van der Waals surface area contributed by atoms with E-state index in [1.165, 1.54) is 0 Å². The summed E-state index contributed by atoms with van der Waals surface area (Å²) < 4.78 is 0. The minimum absolute atomic E-state index is 0.336. The largest absolute Gasteiger partial charge is 0.261 e. The van der Waals surface area contributed by atoms with Gasteiger partial charge in [-0.25, -0.2) is 0 Å². The standard InChI is InChI=1S/C16H20N2S2/c19-15(11-13-5-1-3-9-17-13)7-8-16(20)12-14-6-2-4-10-18-14/h1-6,9-10,15-16,19-20H,7-8,11-12H2. The lowest BCUT2D eigenvalue weighted by Gasteiger charge is -2.14. The molecule has 106 valence electrons. The van der Waals surface area contributed by atoms with Gasteiger partial charge in [-0.15, -0.1) is 0 Å². The van der Waals surface area contributed by atoms with Gasteiger partial charge in [0, 0.05) is 47.1 Å². The summed E-state index contributed by atoms with van der Waals surface area (Å²) in [5, 5.41) is 0.673. The lowest BCUT2D eigenvalue weighted by Crippen LogP contribution is -2.11. The van der Waals surface area contributed by atoms with Crippen LogP contribution < -0.4 is 0 Å². The van der Waals surface area contributed by atoms with E-state index in [0.29, 0.717) is 10.5 Å². The molecule has 2 nitrogen and oxygen atoms in total. The van der Waals surface area contributed by atoms with Crippen molar-refractivity contribution in [3.8, 4) is 0 Å². The van der Waals surface area contributed by atoms with Crippen molar-refractivity contribution in [3.63, 3.8) is 0 Å². The van der Waals surface area contributed by atoms with E-state index in [1.807, 2.05) is 36.7 Å². The molecule has 0 spiro atoms. The maximum atomic E-state index is 4.65. The number of thiol groups is 2. The van der Waals surface area contributed by atoms with Gasteiger partial charge in [-0.05, 0) is 37.1 Å². The predicted molar refractivity (Wildman–Crippen MR) is 90.7 cm³/mol. The van der Waals surface area contributed by atoms with E-state index in [2.05, 4.69) is 47.4 Å². The number of rotatable bonds is 7. The molecule has 0 amide bonds. The van der Waals surface area contributed by atoms with Gasteiger partial charge in [0.1, 0.15) is 0 Å². The Labute approximate surface area is 131 Å². The van der Waals surface area contributed by atoms with Crippen molar-refractivity contribution < 1.29 is 0 Å². The lowest BCUT2D eigenvalue weighted by molar-refractivity contribution is 0.659. The van der Waals surface area contributed by atoms with Crippen molar-refractivity contribution in [1.82, 2.24) is 9.97 Å². The van der Waals surface area contributed by atoms with Crippen LogP contribution in [0.3, 0.4) is 0 Å². The number of hydrogen-bond donors (Lipinski definition) is 2. The second kappa shape index (κ2) is 8.32. The van der Waals surface area contributed by atoms with Gasteiger partial charge in [0.2, 0.25) is 0 Å². The molecule has 0 radical (unpaired) electrons. The van der Waals surface area contributed by atoms with Crippen LogP contribution in [0.5, 0.6) is 0 Å². The number of nitrogens with zero attached hydrogens (tertiary/aromatic N) is 2. The molecule has 2 aromatic rings. The summed E-state index contributed by atoms with van der Waals surface area (Å²) in [5.74, 6) is 0. The van der Waals surface area contributed by atoms with E-state index in [1.54, 1.807) is 0 Å². The summed E-state index contributed by atoms with van der Waals surface area (Å²) >= 11 is 9.31. The van der Waals surface area contributed by atoms with Crippen LogP contribution in [0, 0.1) is 0 Å². The summed E-state index contributed by atoms with van der Waals surface area (Å²) in [6.45, 7) is 0. The molecule has 0 aliphatic rings. The van der Waals surface area contributed by atoms with Gasteiger partial charge in [-0.3, -0.25) is 9.97 Å². The molecule has 2 rings (SSSR count). The van der Waals surface area contributed by atoms with E-state index in [4.69, 9.17) is 0 Å². The van der Waals surface area contributed by atoms with Crippen LogP contribution in [-0.2, 0) is 12.8 Å². The molecule has 4 heteroatoms. The second-order valence-corrected chi connectivity index (χ2v) is 6.40. The topological polar surface area (TPSA) is 25.8 Å². The molecule has 2 aromatic heterocycles. The van der Waals surface area contributed by atoms with Crippen LogP contribution in [0.25, 0.3) is 0 Å². The highest BCUT2D eigenvalue weighted by Gasteiger charge is 2.10. The van der Waals surface area contributed by atoms with Crippen LogP contribution >= 0.6 is 25.3 Å². The summed E-state index contributed by atoms with van der Waals surface area (Å²) in [7, 11) is 0. The molecule has 0 aliphatic heterocycles. The third kappa shape index (κ3) is 5.55. The van der Waals surface area contributed by atoms with E-state index in [9.17, 15) is 0 Å². The van der Waals surface area contributed by atoms with Crippen LogP contribution in [0.15, 0.2) is 48.8 Å². The summed E-state index contributed by atoms with van der Waals surface area (Å²) in [6, 6.07) is 12.0. The van der Waals surface area contributed by atoms with Crippen molar-refractivity contribution in [3.05, 3.63) is 60.2 Å². The lowest BCUT2D eigenvalue weighted by atomic mass is 10.1. The summed E-state index contributed by atoms with van der Waals surface area (Å²) in [4.78, 5) is 8.67. The molecule has 0 fully saturated rings. The smallest absolute Gasteiger partial charge is 0.0414 e. The fraction of sp³-hybridized carbons (Fsp3) is 0.375. The van der Waals surface area contributed by atoms with Gasteiger partial charge in [-0.2, -0.15) is 25.3 Å². The number of pyridine rings is 2. The Morgan fingerprint density at radius 2 is 1.20 bits per heavy atom. The van der Waals surface area contributed by atoms with E-state index in [-0.39, 0.29) is 0 Å². The molecule has 2 atom stereocenters. The first-order chi connectivity index (χ1) is 9.74. The Balaban J connectivity index is 1.71. The highest BCUT2D eigenvalue weighted by molar-refractivity contribution is 7.81. The van der Waals surface area contributed by atoms with Crippen LogP contribution in [0.2, 0.25) is 0 Å². The minimum atomic E-state index is 0.336. The number of hydrogen-bond acceptors (Lipinski definition) is 4. The van der Waals surface area contributed by atoms with Gasteiger partial charge in [-0.1, -0.05) is 12.1 Å². The predicted octanol–water partition coefficient (Wildman–Crippen LogP) is 3.64. The minimum Gasteiger partial charge on any atom is -0.261 e. The molecule has 0 saturated carbocycles. The first kappa shape index (κ1) is 15.4. The zero-order chi connectivity index (χ0) is 14.2. The molecule has 0 N–H and O–H groups in total. The van der Waals surface area contributed by atoms with Gasteiger partial charge in [0.25, 0.3) is 0 Å². The fourth-order valence-corrected chi connectivity index (χ4v) is 2.78. The molecule has 20 heavy (non-hydrogen) atoms. The third-order valence-electron chi connectivity index (χ3n) is 3.17. The monoisotopic (exact) mass is 304 g/mol. The van der Waals surface area contributed by atoms with Crippen molar-refractivity contribution in [1.29, 1.82) is 0 Å². The normalized spacial score (nSPS) is 13.9. The molecule has 0 aliphatic carbocycles. The summed E-state index contributed by atoms with van der Waals surface area (Å²) in [6.07, 6.45) is 7.57. The Bertz CT molecular complexity index is 443. The molecule has 0 aromatic carbocycles. The average Bonchev–Trinajstić information content (AvgIpc) is 2.47. The first-order valence-electron chi connectivity index (χ1n) is 6.90. The zero-order valence-electron chi connectivity index (χ0n) is 11.4. The maximum absolute atomic E-state index is 4.65.